The largest absolute Gasteiger partial charge is 0.256 e. The fraction of sp³-hybridized carbons (Fsp3) is 0.225. The van der Waals surface area contributed by atoms with Gasteiger partial charge in [0.05, 0.1) is 61.4 Å². The van der Waals surface area contributed by atoms with E-state index in [1.54, 1.807) is 0 Å². The van der Waals surface area contributed by atoms with E-state index in [1.165, 1.54) is 177 Å². The van der Waals surface area contributed by atoms with Gasteiger partial charge in [-0.05, 0) is 324 Å². The van der Waals surface area contributed by atoms with Crippen LogP contribution in [0, 0.1) is 145 Å². The van der Waals surface area contributed by atoms with Gasteiger partial charge in [-0.2, -0.15) is 0 Å². The summed E-state index contributed by atoms with van der Waals surface area (Å²) in [4.78, 5) is 32.7. The molecule has 14 aromatic carbocycles. The van der Waals surface area contributed by atoms with Gasteiger partial charge in [-0.15, -0.1) is 0 Å². The SMILES string of the molecule is CC.CC.CC.Cc1ccc(C)c2nc(-c3ccccc3)c(-c3ccccc3)nc12.Cc1ccc2c(-c3ccc(C)c(C)c3)c(C)cnc2c1.Cc1ccc2c(-c3ccccc3)c(C)cnc2c1.Cc1ccc2c(C)c(C)cnc2c1.Cc1ccc2c(c1)c(-c1ccc(C)c(C)c1)c(-c1ccc(C)c(C)c1)c1cc(C)ccc12.Cc1nc2c(C)ccc(C)c2nc1C. The van der Waals surface area contributed by atoms with Crippen LogP contribution in [0.15, 0.2) is 279 Å². The zero-order valence-corrected chi connectivity index (χ0v) is 80.2. The van der Waals surface area contributed by atoms with Gasteiger partial charge >= 0.3 is 0 Å². The maximum atomic E-state index is 5.02. The lowest BCUT2D eigenvalue weighted by Crippen LogP contribution is -1.98. The molecule has 19 rings (SSSR count). The van der Waals surface area contributed by atoms with Crippen LogP contribution >= 0.6 is 0 Å². The Kier molecular flexibility index (Phi) is 31.8. The summed E-state index contributed by atoms with van der Waals surface area (Å²) in [5, 5.41) is 9.05. The predicted molar refractivity (Wildman–Crippen MR) is 552 cm³/mol. The Morgan fingerprint density at radius 1 is 0.173 bits per heavy atom. The summed E-state index contributed by atoms with van der Waals surface area (Å²) in [6.07, 6.45) is 5.88. The van der Waals surface area contributed by atoms with Gasteiger partial charge in [-0.3, -0.25) is 15.0 Å². The minimum absolute atomic E-state index is 0.933. The molecule has 0 unspecified atom stereocenters. The van der Waals surface area contributed by atoms with Gasteiger partial charge < -0.3 is 0 Å². The van der Waals surface area contributed by atoms with E-state index in [-0.39, 0.29) is 0 Å². The highest BCUT2D eigenvalue weighted by atomic mass is 14.8. The molecule has 127 heavy (non-hydrogen) atoms. The van der Waals surface area contributed by atoms with Crippen molar-refractivity contribution in [3.8, 4) is 67.0 Å². The molecule has 0 N–H and O–H groups in total. The van der Waals surface area contributed by atoms with Crippen LogP contribution in [0.1, 0.15) is 159 Å². The van der Waals surface area contributed by atoms with Crippen molar-refractivity contribution in [1.82, 2.24) is 34.9 Å². The van der Waals surface area contributed by atoms with Crippen molar-refractivity contribution < 1.29 is 0 Å². The number of aromatic nitrogens is 7. The number of pyridine rings is 3. The number of aryl methyl sites for hydroxylation is 21. The molecule has 5 heterocycles. The lowest BCUT2D eigenvalue weighted by molar-refractivity contribution is 1.09. The third-order valence-electron chi connectivity index (χ3n) is 23.8. The van der Waals surface area contributed by atoms with E-state index >= 15 is 0 Å². The highest BCUT2D eigenvalue weighted by Gasteiger charge is 2.21. The fourth-order valence-corrected chi connectivity index (χ4v) is 16.0. The average molecular weight is 1670 g/mol. The van der Waals surface area contributed by atoms with Gasteiger partial charge in [-0.1, -0.05) is 295 Å². The summed E-state index contributed by atoms with van der Waals surface area (Å²) in [6.45, 7) is 56.7. The zero-order chi connectivity index (χ0) is 91.6. The predicted octanol–water partition coefficient (Wildman–Crippen LogP) is 33.5. The van der Waals surface area contributed by atoms with E-state index in [0.717, 1.165) is 83.6 Å². The second kappa shape index (κ2) is 42.9. The quantitative estimate of drug-likeness (QED) is 0.153. The van der Waals surface area contributed by atoms with Crippen molar-refractivity contribution in [3.05, 3.63) is 397 Å². The first-order valence-electron chi connectivity index (χ1n) is 45.1. The molecule has 0 atom stereocenters. The molecule has 5 aromatic heterocycles. The molecule has 0 aliphatic carbocycles. The van der Waals surface area contributed by atoms with Gasteiger partial charge in [0.25, 0.3) is 0 Å². The lowest BCUT2D eigenvalue weighted by Gasteiger charge is -2.20. The Morgan fingerprint density at radius 3 is 0.780 bits per heavy atom. The molecule has 0 saturated carbocycles. The first kappa shape index (κ1) is 94.2. The number of hydrogen-bond acceptors (Lipinski definition) is 7. The highest BCUT2D eigenvalue weighted by Crippen LogP contribution is 2.46. The van der Waals surface area contributed by atoms with Crippen LogP contribution < -0.4 is 0 Å². The first-order valence-corrected chi connectivity index (χ1v) is 45.1. The molecular weight excluding hydrogens is 1540 g/mol. The fourth-order valence-electron chi connectivity index (χ4n) is 16.0. The molecular formula is C120H127N7. The van der Waals surface area contributed by atoms with E-state index in [4.69, 9.17) is 9.97 Å². The Labute approximate surface area is 756 Å². The molecule has 0 spiro atoms. The van der Waals surface area contributed by atoms with Crippen molar-refractivity contribution in [2.45, 2.75) is 187 Å². The van der Waals surface area contributed by atoms with E-state index in [1.807, 2.05) is 116 Å². The van der Waals surface area contributed by atoms with Gasteiger partial charge in [0, 0.05) is 45.9 Å². The number of rotatable bonds is 6. The Bertz CT molecular complexity index is 6880. The van der Waals surface area contributed by atoms with E-state index in [2.05, 4.69) is 375 Å². The summed E-state index contributed by atoms with van der Waals surface area (Å²) in [6, 6.07) is 93.2. The lowest BCUT2D eigenvalue weighted by atomic mass is 9.83. The topological polar surface area (TPSA) is 90.2 Å². The van der Waals surface area contributed by atoms with Crippen LogP contribution in [0.25, 0.3) is 143 Å². The van der Waals surface area contributed by atoms with Gasteiger partial charge in [0.15, 0.2) is 0 Å². The number of nitrogens with zero attached hydrogens (tertiary/aromatic N) is 7. The van der Waals surface area contributed by atoms with Gasteiger partial charge in [0.1, 0.15) is 0 Å². The van der Waals surface area contributed by atoms with Gasteiger partial charge in [-0.25, -0.2) is 19.9 Å². The molecule has 0 aliphatic rings. The third kappa shape index (κ3) is 21.7. The van der Waals surface area contributed by atoms with Crippen molar-refractivity contribution in [2.75, 3.05) is 0 Å². The third-order valence-corrected chi connectivity index (χ3v) is 23.8. The summed E-state index contributed by atoms with van der Waals surface area (Å²) < 4.78 is 0. The summed E-state index contributed by atoms with van der Waals surface area (Å²) >= 11 is 0. The molecule has 0 amide bonds. The van der Waals surface area contributed by atoms with Crippen molar-refractivity contribution in [2.24, 2.45) is 0 Å². The van der Waals surface area contributed by atoms with Crippen molar-refractivity contribution >= 4 is 76.3 Å². The van der Waals surface area contributed by atoms with Crippen LogP contribution in [0.2, 0.25) is 0 Å². The first-order chi connectivity index (χ1) is 61.2. The maximum Gasteiger partial charge on any atom is 0.0973 e. The van der Waals surface area contributed by atoms with Gasteiger partial charge in [0.2, 0.25) is 0 Å². The second-order valence-corrected chi connectivity index (χ2v) is 33.2. The minimum Gasteiger partial charge on any atom is -0.256 e. The van der Waals surface area contributed by atoms with E-state index < -0.39 is 0 Å². The summed E-state index contributed by atoms with van der Waals surface area (Å²) in [7, 11) is 0. The highest BCUT2D eigenvalue weighted by molar-refractivity contribution is 6.22. The van der Waals surface area contributed by atoms with Crippen LogP contribution in [0.3, 0.4) is 0 Å². The van der Waals surface area contributed by atoms with Crippen LogP contribution in [0.4, 0.5) is 0 Å². The molecule has 642 valence electrons. The number of fused-ring (bicyclic) bond motifs is 8. The van der Waals surface area contributed by atoms with Crippen molar-refractivity contribution in [3.63, 3.8) is 0 Å². The van der Waals surface area contributed by atoms with Crippen molar-refractivity contribution in [1.29, 1.82) is 0 Å². The molecule has 0 saturated heterocycles. The normalized spacial score (nSPS) is 10.6. The summed E-state index contributed by atoms with van der Waals surface area (Å²) in [5.41, 5.74) is 47.8. The number of hydrogen-bond donors (Lipinski definition) is 0. The maximum absolute atomic E-state index is 5.02. The monoisotopic (exact) mass is 1670 g/mol. The minimum atomic E-state index is 0.933. The van der Waals surface area contributed by atoms with Crippen LogP contribution in [-0.4, -0.2) is 34.9 Å². The molecule has 0 fully saturated rings. The van der Waals surface area contributed by atoms with E-state index in [9.17, 15) is 0 Å². The molecule has 0 aliphatic heterocycles. The average Bonchev–Trinajstić information content (AvgIpc) is 0.722. The zero-order valence-electron chi connectivity index (χ0n) is 80.2. The second-order valence-electron chi connectivity index (χ2n) is 33.2. The van der Waals surface area contributed by atoms with Crippen LogP contribution in [-0.2, 0) is 0 Å². The van der Waals surface area contributed by atoms with Crippen LogP contribution in [0.5, 0.6) is 0 Å². The Morgan fingerprint density at radius 2 is 0.441 bits per heavy atom. The molecule has 7 heteroatoms. The standard InChI is InChI=1S/C32H30.C22H18N2.C19H19N.C17H15N.C12H14N2.C12H13N.3C2H6/c1-19-7-13-27-28-14-8-20(2)16-30(28)32(26-12-10-22(4)24(6)18-26)31(29(27)15-19)25-11-9-21(3)23(5)17-25;1-15-13-14-16(2)20-19(15)23-21(17-9-5-3-6-10-17)22(24-20)18-11-7-4-8-12-18;1-12-5-8-17-18(9-12)20-11-15(4)19(17)16-7-6-13(2)14(3)10-16;1-12-8-9-15-16(10-12)18-11-13(2)17(15)14-6-4-3-5-7-14;1-7-5-6-8(2)12-11(7)13-9(3)10(4)14-12;1-8-4-5-11-10(3)9(2)7-13-12(11)6-8;3*1-2/h7-18H,1-6H3;3-14H,1-2H3;5-11H,1-4H3;3-11H,1-2H3;5-6H,1-4H3;4-7H,1-3H3;3*1-2H3. The molecule has 0 bridgehead atoms. The molecule has 0 radical (unpaired) electrons. The van der Waals surface area contributed by atoms with E-state index in [0.29, 0.717) is 0 Å². The smallest absolute Gasteiger partial charge is 0.0973 e. The molecule has 19 aromatic rings. The molecule has 7 nitrogen and oxygen atoms in total. The number of benzene rings is 14. The Balaban J connectivity index is 0.000000150. The summed E-state index contributed by atoms with van der Waals surface area (Å²) in [5.74, 6) is 0. The Hall–Kier alpha value is -13.5.